The average Bonchev–Trinajstić information content (AvgIpc) is 2.70. The van der Waals surface area contributed by atoms with Crippen LogP contribution in [-0.4, -0.2) is 35.7 Å². The molecule has 0 aliphatic rings. The van der Waals surface area contributed by atoms with E-state index in [4.69, 9.17) is 0 Å². The molecule has 32 heavy (non-hydrogen) atoms. The van der Waals surface area contributed by atoms with Crippen molar-refractivity contribution in [2.75, 3.05) is 11.6 Å². The molecule has 0 saturated heterocycles. The van der Waals surface area contributed by atoms with Crippen LogP contribution in [-0.2, 0) is 14.6 Å². The molecule has 2 aromatic carbocycles. The summed E-state index contributed by atoms with van der Waals surface area (Å²) in [6, 6.07) is 9.36. The summed E-state index contributed by atoms with van der Waals surface area (Å²) in [4.78, 5) is 19.4. The fourth-order valence-electron chi connectivity index (χ4n) is 2.97. The first-order valence-electron chi connectivity index (χ1n) is 9.41. The number of aromatic nitrogens is 2. The van der Waals surface area contributed by atoms with E-state index >= 15 is 0 Å². The van der Waals surface area contributed by atoms with E-state index in [0.29, 0.717) is 23.6 Å². The Morgan fingerprint density at radius 3 is 2.44 bits per heavy atom. The van der Waals surface area contributed by atoms with Gasteiger partial charge in [-0.15, -0.1) is 0 Å². The second-order valence-electron chi connectivity index (χ2n) is 6.92. The standard InChI is InChI=1S/C22H19F2N3O4S/c1-3-14(21(28)29)7-13-5-4-6-15(8-13)19-12-25-22(27-20(19)32(2,30)31)26-18-10-16(23)9-17(24)11-18/h4-12H,3H2,1-2H3,(H,28,29)(H,25,26,27). The van der Waals surface area contributed by atoms with E-state index in [1.165, 1.54) is 12.3 Å². The molecule has 0 unspecified atom stereocenters. The van der Waals surface area contributed by atoms with Crippen LogP contribution in [0, 0.1) is 11.6 Å². The molecule has 0 radical (unpaired) electrons. The van der Waals surface area contributed by atoms with Crippen molar-refractivity contribution in [3.63, 3.8) is 0 Å². The number of rotatable bonds is 7. The molecule has 0 bridgehead atoms. The third-order valence-electron chi connectivity index (χ3n) is 4.42. The third-order valence-corrected chi connectivity index (χ3v) is 5.43. The lowest BCUT2D eigenvalue weighted by Gasteiger charge is -2.11. The maximum absolute atomic E-state index is 13.4. The summed E-state index contributed by atoms with van der Waals surface area (Å²) in [7, 11) is -3.82. The Labute approximate surface area is 183 Å². The highest BCUT2D eigenvalue weighted by Gasteiger charge is 2.19. The maximum atomic E-state index is 13.4. The van der Waals surface area contributed by atoms with Gasteiger partial charge in [-0.2, -0.15) is 0 Å². The van der Waals surface area contributed by atoms with E-state index in [2.05, 4.69) is 15.3 Å². The molecule has 0 aliphatic carbocycles. The largest absolute Gasteiger partial charge is 0.478 e. The zero-order chi connectivity index (χ0) is 23.5. The Kier molecular flexibility index (Phi) is 6.64. The predicted molar refractivity (Wildman–Crippen MR) is 116 cm³/mol. The summed E-state index contributed by atoms with van der Waals surface area (Å²) < 4.78 is 51.7. The lowest BCUT2D eigenvalue weighted by molar-refractivity contribution is -0.132. The molecule has 0 fully saturated rings. The van der Waals surface area contributed by atoms with Gasteiger partial charge in [-0.1, -0.05) is 25.1 Å². The van der Waals surface area contributed by atoms with Gasteiger partial charge in [0.2, 0.25) is 5.95 Å². The number of nitrogens with one attached hydrogen (secondary N) is 1. The minimum absolute atomic E-state index is 0.0163. The first-order valence-corrected chi connectivity index (χ1v) is 11.3. The first-order chi connectivity index (χ1) is 15.1. The molecular formula is C22H19F2N3O4S. The number of carboxylic acid groups (broad SMARTS) is 1. The lowest BCUT2D eigenvalue weighted by atomic mass is 10.0. The van der Waals surface area contributed by atoms with E-state index in [0.717, 1.165) is 18.4 Å². The van der Waals surface area contributed by atoms with E-state index < -0.39 is 27.4 Å². The van der Waals surface area contributed by atoms with Gasteiger partial charge in [0.25, 0.3) is 0 Å². The van der Waals surface area contributed by atoms with Crippen molar-refractivity contribution in [3.8, 4) is 11.1 Å². The van der Waals surface area contributed by atoms with Crippen molar-refractivity contribution in [3.05, 3.63) is 71.4 Å². The summed E-state index contributed by atoms with van der Waals surface area (Å²) in [5.41, 5.74) is 1.44. The van der Waals surface area contributed by atoms with Crippen LogP contribution in [0.15, 0.2) is 59.3 Å². The molecule has 0 spiro atoms. The topological polar surface area (TPSA) is 109 Å². The molecule has 0 atom stereocenters. The molecule has 0 amide bonds. The van der Waals surface area contributed by atoms with Crippen LogP contribution >= 0.6 is 0 Å². The summed E-state index contributed by atoms with van der Waals surface area (Å²) in [6.45, 7) is 1.72. The van der Waals surface area contributed by atoms with Crippen molar-refractivity contribution in [2.45, 2.75) is 18.4 Å². The third kappa shape index (κ3) is 5.52. The highest BCUT2D eigenvalue weighted by Crippen LogP contribution is 2.28. The Morgan fingerprint density at radius 1 is 1.16 bits per heavy atom. The number of halogens is 2. The van der Waals surface area contributed by atoms with Crippen LogP contribution in [0.4, 0.5) is 20.4 Å². The highest BCUT2D eigenvalue weighted by atomic mass is 32.2. The fourth-order valence-corrected chi connectivity index (χ4v) is 3.80. The number of carboxylic acids is 1. The number of carbonyl (C=O) groups is 1. The molecule has 7 nitrogen and oxygen atoms in total. The van der Waals surface area contributed by atoms with Crippen LogP contribution < -0.4 is 5.32 Å². The Bertz CT molecular complexity index is 1300. The van der Waals surface area contributed by atoms with Gasteiger partial charge in [0.05, 0.1) is 0 Å². The summed E-state index contributed by atoms with van der Waals surface area (Å²) in [5.74, 6) is -2.83. The monoisotopic (exact) mass is 459 g/mol. The lowest BCUT2D eigenvalue weighted by Crippen LogP contribution is -2.08. The van der Waals surface area contributed by atoms with Gasteiger partial charge < -0.3 is 10.4 Å². The number of aliphatic carboxylic acids is 1. The minimum Gasteiger partial charge on any atom is -0.478 e. The average molecular weight is 459 g/mol. The molecule has 0 saturated carbocycles. The quantitative estimate of drug-likeness (QED) is 0.397. The summed E-state index contributed by atoms with van der Waals surface area (Å²) >= 11 is 0. The SMILES string of the molecule is CCC(=Cc1cccc(-c2cnc(Nc3cc(F)cc(F)c3)nc2S(C)(=O)=O)c1)C(=O)O. The Morgan fingerprint density at radius 2 is 1.84 bits per heavy atom. The number of nitrogens with zero attached hydrogens (tertiary/aromatic N) is 2. The van der Waals surface area contributed by atoms with Gasteiger partial charge in [-0.25, -0.2) is 32.0 Å². The van der Waals surface area contributed by atoms with Crippen LogP contribution in [0.1, 0.15) is 18.9 Å². The molecule has 3 rings (SSSR count). The number of sulfone groups is 1. The Hall–Kier alpha value is -3.66. The fraction of sp³-hybridized carbons (Fsp3) is 0.136. The number of hydrogen-bond acceptors (Lipinski definition) is 6. The highest BCUT2D eigenvalue weighted by molar-refractivity contribution is 7.90. The van der Waals surface area contributed by atoms with Gasteiger partial charge in [0, 0.05) is 35.3 Å². The minimum atomic E-state index is -3.82. The molecule has 166 valence electrons. The Balaban J connectivity index is 2.06. The number of hydrogen-bond donors (Lipinski definition) is 2. The molecular weight excluding hydrogens is 440 g/mol. The molecule has 1 aromatic heterocycles. The zero-order valence-electron chi connectivity index (χ0n) is 17.1. The van der Waals surface area contributed by atoms with E-state index in [1.54, 1.807) is 31.2 Å². The van der Waals surface area contributed by atoms with Crippen molar-refractivity contribution in [1.29, 1.82) is 0 Å². The molecule has 3 aromatic rings. The van der Waals surface area contributed by atoms with E-state index in [1.807, 2.05) is 0 Å². The van der Waals surface area contributed by atoms with Crippen molar-refractivity contribution >= 4 is 33.5 Å². The number of benzene rings is 2. The second-order valence-corrected chi connectivity index (χ2v) is 8.85. The van der Waals surface area contributed by atoms with Gasteiger partial charge in [0.1, 0.15) is 11.6 Å². The molecule has 1 heterocycles. The van der Waals surface area contributed by atoms with Gasteiger partial charge in [-0.3, -0.25) is 0 Å². The molecule has 0 aliphatic heterocycles. The van der Waals surface area contributed by atoms with Crippen LogP contribution in [0.5, 0.6) is 0 Å². The van der Waals surface area contributed by atoms with E-state index in [9.17, 15) is 27.1 Å². The first kappa shape index (κ1) is 23.0. The molecule has 10 heteroatoms. The number of anilines is 2. The van der Waals surface area contributed by atoms with Crippen LogP contribution in [0.3, 0.4) is 0 Å². The van der Waals surface area contributed by atoms with Crippen LogP contribution in [0.2, 0.25) is 0 Å². The summed E-state index contributed by atoms with van der Waals surface area (Å²) in [6.07, 6.45) is 4.08. The predicted octanol–water partition coefficient (Wildman–Crippen LogP) is 4.45. The van der Waals surface area contributed by atoms with Crippen molar-refractivity contribution in [1.82, 2.24) is 9.97 Å². The van der Waals surface area contributed by atoms with Crippen molar-refractivity contribution in [2.24, 2.45) is 0 Å². The molecule has 2 N–H and O–H groups in total. The van der Waals surface area contributed by atoms with Gasteiger partial charge >= 0.3 is 5.97 Å². The zero-order valence-corrected chi connectivity index (χ0v) is 18.0. The van der Waals surface area contributed by atoms with E-state index in [-0.39, 0.29) is 27.8 Å². The van der Waals surface area contributed by atoms with Crippen molar-refractivity contribution < 1.29 is 27.1 Å². The second kappa shape index (κ2) is 9.23. The van der Waals surface area contributed by atoms with Gasteiger partial charge in [0.15, 0.2) is 14.9 Å². The summed E-state index contributed by atoms with van der Waals surface area (Å²) in [5, 5.41) is 11.5. The maximum Gasteiger partial charge on any atom is 0.331 e. The van der Waals surface area contributed by atoms with Gasteiger partial charge in [-0.05, 0) is 41.8 Å². The normalized spacial score (nSPS) is 11.9. The van der Waals surface area contributed by atoms with Crippen LogP contribution in [0.25, 0.3) is 17.2 Å². The smallest absolute Gasteiger partial charge is 0.331 e.